The number of aromatic nitrogens is 2. The maximum Gasteiger partial charge on any atom is 0.224 e. The Morgan fingerprint density at radius 2 is 2.00 bits per heavy atom. The van der Waals surface area contributed by atoms with E-state index >= 15 is 0 Å². The van der Waals surface area contributed by atoms with Gasteiger partial charge in [-0.3, -0.25) is 9.78 Å². The maximum absolute atomic E-state index is 13.6. The molecule has 4 aromatic rings. The molecule has 0 unspecified atom stereocenters. The van der Waals surface area contributed by atoms with Gasteiger partial charge in [0.1, 0.15) is 5.82 Å². The van der Waals surface area contributed by atoms with Gasteiger partial charge in [0.15, 0.2) is 0 Å². The molecule has 4 rings (SSSR count). The molecule has 4 nitrogen and oxygen atoms in total. The number of fused-ring (bicyclic) bond motifs is 1. The Balaban J connectivity index is 1.57. The Kier molecular flexibility index (Phi) is 5.39. The summed E-state index contributed by atoms with van der Waals surface area (Å²) in [5.41, 5.74) is 2.81. The van der Waals surface area contributed by atoms with Gasteiger partial charge < -0.3 is 10.3 Å². The standard InChI is InChI=1S/C22H18FN3OS/c23-16-6-3-7-17(11-16)28-22-19(18-8-1-2-9-20(18)26-22)12-21(27)25-14-15-5-4-10-24-13-15/h1-11,13,26H,12,14H2,(H,25,27). The number of aromatic amines is 1. The van der Waals surface area contributed by atoms with Crippen LogP contribution in [0.2, 0.25) is 0 Å². The molecule has 2 N–H and O–H groups in total. The van der Waals surface area contributed by atoms with Gasteiger partial charge in [-0.2, -0.15) is 0 Å². The average Bonchev–Trinajstić information content (AvgIpc) is 3.04. The highest BCUT2D eigenvalue weighted by Crippen LogP contribution is 2.35. The monoisotopic (exact) mass is 391 g/mol. The number of pyridine rings is 1. The first kappa shape index (κ1) is 18.3. The fourth-order valence-corrected chi connectivity index (χ4v) is 4.03. The number of H-pyrrole nitrogens is 1. The van der Waals surface area contributed by atoms with Crippen LogP contribution in [0.1, 0.15) is 11.1 Å². The summed E-state index contributed by atoms with van der Waals surface area (Å²) >= 11 is 1.43. The predicted molar refractivity (Wildman–Crippen MR) is 109 cm³/mol. The third-order valence-corrected chi connectivity index (χ3v) is 5.38. The average molecular weight is 391 g/mol. The summed E-state index contributed by atoms with van der Waals surface area (Å²) in [6.45, 7) is 0.432. The van der Waals surface area contributed by atoms with Crippen LogP contribution >= 0.6 is 11.8 Å². The van der Waals surface area contributed by atoms with E-state index in [1.165, 1.54) is 23.9 Å². The van der Waals surface area contributed by atoms with E-state index in [0.717, 1.165) is 32.0 Å². The highest BCUT2D eigenvalue weighted by Gasteiger charge is 2.16. The lowest BCUT2D eigenvalue weighted by molar-refractivity contribution is -0.120. The van der Waals surface area contributed by atoms with Crippen molar-refractivity contribution in [1.82, 2.24) is 15.3 Å². The maximum atomic E-state index is 13.6. The first-order valence-electron chi connectivity index (χ1n) is 8.87. The zero-order valence-corrected chi connectivity index (χ0v) is 15.8. The van der Waals surface area contributed by atoms with Crippen LogP contribution in [0.25, 0.3) is 10.9 Å². The summed E-state index contributed by atoms with van der Waals surface area (Å²) < 4.78 is 13.6. The molecule has 140 valence electrons. The van der Waals surface area contributed by atoms with E-state index in [4.69, 9.17) is 0 Å². The minimum absolute atomic E-state index is 0.0744. The molecule has 0 saturated heterocycles. The molecule has 2 aromatic carbocycles. The molecule has 0 spiro atoms. The quantitative estimate of drug-likeness (QED) is 0.500. The number of carbonyl (C=O) groups excluding carboxylic acids is 1. The van der Waals surface area contributed by atoms with Crippen molar-refractivity contribution < 1.29 is 9.18 Å². The molecular weight excluding hydrogens is 373 g/mol. The molecular formula is C22H18FN3OS. The Bertz CT molecular complexity index is 1110. The number of nitrogens with one attached hydrogen (secondary N) is 2. The number of nitrogens with zero attached hydrogens (tertiary/aromatic N) is 1. The number of para-hydroxylation sites is 1. The topological polar surface area (TPSA) is 57.8 Å². The van der Waals surface area contributed by atoms with Crippen LogP contribution in [0.5, 0.6) is 0 Å². The van der Waals surface area contributed by atoms with Gasteiger partial charge in [-0.1, -0.05) is 42.1 Å². The first-order valence-corrected chi connectivity index (χ1v) is 9.69. The predicted octanol–water partition coefficient (Wildman–Crippen LogP) is 4.71. The van der Waals surface area contributed by atoms with Gasteiger partial charge in [0.05, 0.1) is 11.4 Å². The molecule has 0 aliphatic carbocycles. The van der Waals surface area contributed by atoms with E-state index < -0.39 is 0 Å². The van der Waals surface area contributed by atoms with E-state index in [1.807, 2.05) is 42.5 Å². The summed E-state index contributed by atoms with van der Waals surface area (Å²) in [5.74, 6) is -0.355. The van der Waals surface area contributed by atoms with E-state index in [-0.39, 0.29) is 18.1 Å². The Hall–Kier alpha value is -3.12. The molecule has 6 heteroatoms. The van der Waals surface area contributed by atoms with Crippen molar-refractivity contribution in [2.24, 2.45) is 0 Å². The molecule has 2 heterocycles. The Morgan fingerprint density at radius 1 is 1.11 bits per heavy atom. The summed E-state index contributed by atoms with van der Waals surface area (Å²) in [6.07, 6.45) is 3.67. The second kappa shape index (κ2) is 8.27. The van der Waals surface area contributed by atoms with Gasteiger partial charge in [-0.15, -0.1) is 0 Å². The normalized spacial score (nSPS) is 10.9. The number of hydrogen-bond donors (Lipinski definition) is 2. The van der Waals surface area contributed by atoms with Crippen molar-refractivity contribution in [3.63, 3.8) is 0 Å². The summed E-state index contributed by atoms with van der Waals surface area (Å²) in [4.78, 5) is 20.8. The summed E-state index contributed by atoms with van der Waals surface area (Å²) in [5, 5.41) is 4.79. The third-order valence-electron chi connectivity index (χ3n) is 4.34. The van der Waals surface area contributed by atoms with Gasteiger partial charge >= 0.3 is 0 Å². The number of carbonyl (C=O) groups is 1. The molecule has 0 aliphatic rings. The smallest absolute Gasteiger partial charge is 0.224 e. The highest BCUT2D eigenvalue weighted by atomic mass is 32.2. The van der Waals surface area contributed by atoms with Crippen LogP contribution in [0.15, 0.2) is 83.0 Å². The van der Waals surface area contributed by atoms with Gasteiger partial charge in [-0.25, -0.2) is 4.39 Å². The van der Waals surface area contributed by atoms with Crippen molar-refractivity contribution in [3.8, 4) is 0 Å². The van der Waals surface area contributed by atoms with Crippen molar-refractivity contribution in [3.05, 3.63) is 90.0 Å². The van der Waals surface area contributed by atoms with Crippen molar-refractivity contribution >= 4 is 28.6 Å². The molecule has 28 heavy (non-hydrogen) atoms. The Morgan fingerprint density at radius 3 is 2.82 bits per heavy atom. The first-order chi connectivity index (χ1) is 13.7. The van der Waals surface area contributed by atoms with Crippen LogP contribution in [-0.4, -0.2) is 15.9 Å². The summed E-state index contributed by atoms with van der Waals surface area (Å²) in [6, 6.07) is 18.1. The van der Waals surface area contributed by atoms with Gasteiger partial charge in [0, 0.05) is 40.3 Å². The summed E-state index contributed by atoms with van der Waals surface area (Å²) in [7, 11) is 0. The number of benzene rings is 2. The molecule has 0 atom stereocenters. The van der Waals surface area contributed by atoms with Crippen LogP contribution in [0, 0.1) is 5.82 Å². The molecule has 0 fully saturated rings. The molecule has 2 aromatic heterocycles. The number of rotatable bonds is 6. The van der Waals surface area contributed by atoms with E-state index in [9.17, 15) is 9.18 Å². The Labute approximate surface area is 166 Å². The van der Waals surface area contributed by atoms with E-state index in [1.54, 1.807) is 18.5 Å². The van der Waals surface area contributed by atoms with E-state index in [2.05, 4.69) is 15.3 Å². The number of halogens is 1. The van der Waals surface area contributed by atoms with Gasteiger partial charge in [0.25, 0.3) is 0 Å². The van der Waals surface area contributed by atoms with Gasteiger partial charge in [-0.05, 0) is 35.9 Å². The van der Waals surface area contributed by atoms with Crippen LogP contribution in [0.4, 0.5) is 4.39 Å². The zero-order chi connectivity index (χ0) is 19.3. The SMILES string of the molecule is O=C(Cc1c(Sc2cccc(F)c2)[nH]c2ccccc12)NCc1cccnc1. The molecule has 0 bridgehead atoms. The zero-order valence-electron chi connectivity index (χ0n) is 15.0. The lowest BCUT2D eigenvalue weighted by Gasteiger charge is -2.07. The van der Waals surface area contributed by atoms with Crippen LogP contribution < -0.4 is 5.32 Å². The molecule has 1 amide bonds. The van der Waals surface area contributed by atoms with Crippen LogP contribution in [0.3, 0.4) is 0 Å². The molecule has 0 saturated carbocycles. The minimum Gasteiger partial charge on any atom is -0.352 e. The van der Waals surface area contributed by atoms with E-state index in [0.29, 0.717) is 6.54 Å². The second-order valence-corrected chi connectivity index (χ2v) is 7.44. The fraction of sp³-hybridized carbons (Fsp3) is 0.0909. The fourth-order valence-electron chi connectivity index (χ4n) is 3.01. The highest BCUT2D eigenvalue weighted by molar-refractivity contribution is 7.99. The second-order valence-electron chi connectivity index (χ2n) is 6.35. The largest absolute Gasteiger partial charge is 0.352 e. The molecule has 0 radical (unpaired) electrons. The minimum atomic E-state index is -0.281. The van der Waals surface area contributed by atoms with Crippen LogP contribution in [-0.2, 0) is 17.8 Å². The lowest BCUT2D eigenvalue weighted by Crippen LogP contribution is -2.24. The molecule has 0 aliphatic heterocycles. The number of hydrogen-bond acceptors (Lipinski definition) is 3. The van der Waals surface area contributed by atoms with Crippen molar-refractivity contribution in [2.45, 2.75) is 22.9 Å². The number of amides is 1. The lowest BCUT2D eigenvalue weighted by atomic mass is 10.1. The van der Waals surface area contributed by atoms with Crippen molar-refractivity contribution in [1.29, 1.82) is 0 Å². The van der Waals surface area contributed by atoms with Gasteiger partial charge in [0.2, 0.25) is 5.91 Å². The third kappa shape index (κ3) is 4.23. The van der Waals surface area contributed by atoms with Crippen molar-refractivity contribution in [2.75, 3.05) is 0 Å².